The number of aryl methyl sites for hydroxylation is 1. The molecule has 0 aliphatic rings. The summed E-state index contributed by atoms with van der Waals surface area (Å²) in [4.78, 5) is 20.9. The lowest BCUT2D eigenvalue weighted by Gasteiger charge is -2.05. The normalized spacial score (nSPS) is 10.7. The Bertz CT molecular complexity index is 1370. The zero-order valence-corrected chi connectivity index (χ0v) is 22.8. The van der Waals surface area contributed by atoms with Crippen molar-refractivity contribution in [1.29, 1.82) is 0 Å². The van der Waals surface area contributed by atoms with Crippen LogP contribution in [0, 0.1) is 6.92 Å². The van der Waals surface area contributed by atoms with Gasteiger partial charge in [0.15, 0.2) is 0 Å². The summed E-state index contributed by atoms with van der Waals surface area (Å²) in [6.45, 7) is 7.53. The molecule has 0 aliphatic carbocycles. The molecule has 0 bridgehead atoms. The molecule has 0 aliphatic heterocycles. The van der Waals surface area contributed by atoms with E-state index in [9.17, 15) is 18.0 Å². The van der Waals surface area contributed by atoms with E-state index in [0.717, 1.165) is 49.5 Å². The molecule has 0 spiro atoms. The van der Waals surface area contributed by atoms with Gasteiger partial charge in [0.2, 0.25) is 0 Å². The molecule has 2 aromatic carbocycles. The van der Waals surface area contributed by atoms with E-state index in [2.05, 4.69) is 33.1 Å². The molecule has 0 radical (unpaired) electrons. The Kier molecular flexibility index (Phi) is 13.0. The lowest BCUT2D eigenvalue weighted by molar-refractivity contribution is -0.137. The number of carbonyl (C=O) groups is 1. The van der Waals surface area contributed by atoms with Crippen molar-refractivity contribution in [2.75, 3.05) is 32.6 Å². The molecular weight excluding hydrogens is 521 g/mol. The van der Waals surface area contributed by atoms with Crippen molar-refractivity contribution in [1.82, 2.24) is 14.7 Å². The molecule has 4 aromatic rings. The highest BCUT2D eigenvalue weighted by molar-refractivity contribution is 6.04. The Balaban J connectivity index is 0.000000360. The number of nitrogens with zero attached hydrogens (tertiary/aromatic N) is 3. The second kappa shape index (κ2) is 16.1. The van der Waals surface area contributed by atoms with Crippen molar-refractivity contribution >= 4 is 29.6 Å². The summed E-state index contributed by atoms with van der Waals surface area (Å²) in [6.07, 6.45) is 0.369. The number of methoxy groups -OCH3 is 1. The third-order valence-electron chi connectivity index (χ3n) is 5.46. The quantitative estimate of drug-likeness (QED) is 0.183. The number of halogens is 3. The highest BCUT2D eigenvalue weighted by Crippen LogP contribution is 2.29. The molecule has 214 valence electrons. The number of ether oxygens (including phenoxy) is 1. The van der Waals surface area contributed by atoms with Gasteiger partial charge >= 0.3 is 6.18 Å². The molecule has 11 heteroatoms. The van der Waals surface area contributed by atoms with Crippen LogP contribution in [0.4, 0.5) is 24.5 Å². The number of aliphatic imine (C=N–C) groups is 1. The number of anilines is 1. The van der Waals surface area contributed by atoms with Crippen LogP contribution in [-0.4, -0.2) is 49.3 Å². The van der Waals surface area contributed by atoms with Crippen LogP contribution in [0.2, 0.25) is 0 Å². The number of amides is 1. The van der Waals surface area contributed by atoms with E-state index in [1.54, 1.807) is 38.4 Å². The smallest absolute Gasteiger partial charge is 0.385 e. The minimum absolute atomic E-state index is 0.283. The number of rotatable bonds is 9. The number of pyridine rings is 1. The highest BCUT2D eigenvalue weighted by atomic mass is 19.4. The van der Waals surface area contributed by atoms with Gasteiger partial charge in [-0.2, -0.15) is 13.2 Å². The highest BCUT2D eigenvalue weighted by Gasteiger charge is 2.29. The van der Waals surface area contributed by atoms with Crippen molar-refractivity contribution in [2.45, 2.75) is 26.1 Å². The van der Waals surface area contributed by atoms with Gasteiger partial charge in [-0.25, -0.2) is 4.98 Å². The molecular formula is C29H35F3N6O2. The van der Waals surface area contributed by atoms with E-state index in [0.29, 0.717) is 22.6 Å². The fourth-order valence-electron chi connectivity index (χ4n) is 3.54. The SMILES string of the molecule is C=Nc1ccccc1NC(=O)c1cn2ccc(CNCCCOC)cc2n1.CN.Cc1cccc(C(F)(F)F)c1. The first-order valence-corrected chi connectivity index (χ1v) is 12.5. The van der Waals surface area contributed by atoms with Gasteiger partial charge in [0.25, 0.3) is 5.91 Å². The van der Waals surface area contributed by atoms with Gasteiger partial charge < -0.3 is 25.5 Å². The molecule has 2 aromatic heterocycles. The Labute approximate surface area is 232 Å². The van der Waals surface area contributed by atoms with E-state index in [1.807, 2.05) is 34.9 Å². The molecule has 8 nitrogen and oxygen atoms in total. The number of carbonyl (C=O) groups excluding carboxylic acids is 1. The first-order valence-electron chi connectivity index (χ1n) is 12.5. The first-order chi connectivity index (χ1) is 19.2. The van der Waals surface area contributed by atoms with E-state index >= 15 is 0 Å². The summed E-state index contributed by atoms with van der Waals surface area (Å²) >= 11 is 0. The second-order valence-electron chi connectivity index (χ2n) is 8.45. The van der Waals surface area contributed by atoms with E-state index in [1.165, 1.54) is 13.1 Å². The fourth-order valence-corrected chi connectivity index (χ4v) is 3.54. The van der Waals surface area contributed by atoms with Gasteiger partial charge in [0, 0.05) is 32.7 Å². The van der Waals surface area contributed by atoms with Crippen molar-refractivity contribution < 1.29 is 22.7 Å². The minimum Gasteiger partial charge on any atom is -0.385 e. The number of fused-ring (bicyclic) bond motifs is 1. The number of nitrogens with two attached hydrogens (primary N) is 1. The molecule has 0 saturated carbocycles. The zero-order valence-electron chi connectivity index (χ0n) is 22.8. The molecule has 0 fully saturated rings. The molecule has 40 heavy (non-hydrogen) atoms. The summed E-state index contributed by atoms with van der Waals surface area (Å²) in [5.74, 6) is -0.283. The molecule has 2 heterocycles. The number of nitrogens with one attached hydrogen (secondary N) is 2. The summed E-state index contributed by atoms with van der Waals surface area (Å²) in [6, 6.07) is 16.5. The third-order valence-corrected chi connectivity index (χ3v) is 5.46. The molecule has 0 saturated heterocycles. The summed E-state index contributed by atoms with van der Waals surface area (Å²) in [5, 5.41) is 6.20. The first kappa shape index (κ1) is 32.2. The predicted octanol–water partition coefficient (Wildman–Crippen LogP) is 5.63. The minimum atomic E-state index is -4.22. The number of benzene rings is 2. The van der Waals surface area contributed by atoms with Gasteiger partial charge in [0.1, 0.15) is 11.3 Å². The Morgan fingerprint density at radius 2 is 1.88 bits per heavy atom. The van der Waals surface area contributed by atoms with Gasteiger partial charge in [-0.1, -0.05) is 35.9 Å². The van der Waals surface area contributed by atoms with Crippen LogP contribution in [0.25, 0.3) is 5.65 Å². The van der Waals surface area contributed by atoms with E-state index in [-0.39, 0.29) is 5.91 Å². The van der Waals surface area contributed by atoms with Crippen LogP contribution in [0.3, 0.4) is 0 Å². The molecule has 4 rings (SSSR count). The number of alkyl halides is 3. The molecule has 4 N–H and O–H groups in total. The fraction of sp³-hybridized carbons (Fsp3) is 0.276. The van der Waals surface area contributed by atoms with Crippen LogP contribution < -0.4 is 16.4 Å². The van der Waals surface area contributed by atoms with Crippen LogP contribution in [0.1, 0.15) is 33.6 Å². The number of hydrogen-bond donors (Lipinski definition) is 3. The number of imidazole rings is 1. The van der Waals surface area contributed by atoms with E-state index < -0.39 is 11.7 Å². The summed E-state index contributed by atoms with van der Waals surface area (Å²) < 4.78 is 42.8. The molecule has 0 atom stereocenters. The summed E-state index contributed by atoms with van der Waals surface area (Å²) in [7, 11) is 3.20. The van der Waals surface area contributed by atoms with Crippen LogP contribution >= 0.6 is 0 Å². The average molecular weight is 557 g/mol. The summed E-state index contributed by atoms with van der Waals surface area (Å²) in [5.41, 5.74) is 7.95. The van der Waals surface area contributed by atoms with Crippen molar-refractivity contribution in [3.05, 3.63) is 95.4 Å². The van der Waals surface area contributed by atoms with Crippen molar-refractivity contribution in [3.63, 3.8) is 0 Å². The maximum absolute atomic E-state index is 12.5. The number of hydrogen-bond acceptors (Lipinski definition) is 6. The van der Waals surface area contributed by atoms with Gasteiger partial charge in [-0.05, 0) is 69.5 Å². The standard InChI is InChI=1S/C20H23N5O2.C8H7F3.CH5N/c1-21-16-6-3-4-7-17(16)24-20(26)18-14-25-10-8-15(12-19(25)23-18)13-22-9-5-11-27-2;1-6-3-2-4-7(5-6)8(9,10)11;1-2/h3-4,6-8,10,12,14,22H,1,5,9,11,13H2,2H3,(H,24,26);2-5H,1H3;2H2,1H3. The molecule has 0 unspecified atom stereocenters. The van der Waals surface area contributed by atoms with Gasteiger partial charge in [-0.15, -0.1) is 0 Å². The Morgan fingerprint density at radius 1 is 1.12 bits per heavy atom. The Morgan fingerprint density at radius 3 is 2.52 bits per heavy atom. The maximum Gasteiger partial charge on any atom is 0.416 e. The molecule has 1 amide bonds. The number of aromatic nitrogens is 2. The lowest BCUT2D eigenvalue weighted by Crippen LogP contribution is -2.16. The maximum atomic E-state index is 12.5. The predicted molar refractivity (Wildman–Crippen MR) is 153 cm³/mol. The van der Waals surface area contributed by atoms with Crippen LogP contribution in [0.5, 0.6) is 0 Å². The van der Waals surface area contributed by atoms with Gasteiger partial charge in [-0.3, -0.25) is 9.79 Å². The largest absolute Gasteiger partial charge is 0.416 e. The zero-order chi connectivity index (χ0) is 29.5. The average Bonchev–Trinajstić information content (AvgIpc) is 3.38. The monoisotopic (exact) mass is 556 g/mol. The van der Waals surface area contributed by atoms with Crippen LogP contribution in [-0.2, 0) is 17.5 Å². The number of para-hydroxylation sites is 2. The van der Waals surface area contributed by atoms with Gasteiger partial charge in [0.05, 0.1) is 16.9 Å². The topological polar surface area (TPSA) is 106 Å². The van der Waals surface area contributed by atoms with Crippen molar-refractivity contribution in [3.8, 4) is 0 Å². The van der Waals surface area contributed by atoms with Crippen molar-refractivity contribution in [2.24, 2.45) is 10.7 Å². The second-order valence-corrected chi connectivity index (χ2v) is 8.45. The van der Waals surface area contributed by atoms with E-state index in [4.69, 9.17) is 4.74 Å². The van der Waals surface area contributed by atoms with Crippen LogP contribution in [0.15, 0.2) is 78.0 Å². The third kappa shape index (κ3) is 9.92. The lowest BCUT2D eigenvalue weighted by atomic mass is 10.1. The Hall–Kier alpha value is -4.06.